The van der Waals surface area contributed by atoms with Crippen LogP contribution in [0.5, 0.6) is 0 Å². The standard InChI is InChI=1S/C14H22N2O2S/c1-10-7-8-13(15)9-14(10)19(17,18)16-11(2)5-4-6-12(16)3/h7-9,11-12H,4-6,15H2,1-3H3/t11-,12+. The van der Waals surface area contributed by atoms with Gasteiger partial charge in [-0.25, -0.2) is 8.42 Å². The smallest absolute Gasteiger partial charge is 0.243 e. The molecule has 19 heavy (non-hydrogen) atoms. The van der Waals surface area contributed by atoms with E-state index in [-0.39, 0.29) is 12.1 Å². The average Bonchev–Trinajstić information content (AvgIpc) is 2.31. The maximum absolute atomic E-state index is 12.9. The van der Waals surface area contributed by atoms with Crippen molar-refractivity contribution in [3.8, 4) is 0 Å². The van der Waals surface area contributed by atoms with E-state index in [1.807, 2.05) is 20.8 Å². The minimum atomic E-state index is -3.46. The van der Waals surface area contributed by atoms with Crippen LogP contribution in [-0.4, -0.2) is 24.8 Å². The van der Waals surface area contributed by atoms with E-state index in [1.165, 1.54) is 0 Å². The number of anilines is 1. The number of aryl methyl sites for hydroxylation is 1. The summed E-state index contributed by atoms with van der Waals surface area (Å²) in [5, 5.41) is 0. The van der Waals surface area contributed by atoms with Gasteiger partial charge >= 0.3 is 0 Å². The van der Waals surface area contributed by atoms with Gasteiger partial charge < -0.3 is 5.73 Å². The molecule has 0 spiro atoms. The predicted molar refractivity (Wildman–Crippen MR) is 77.4 cm³/mol. The third-order valence-electron chi connectivity index (χ3n) is 3.88. The van der Waals surface area contributed by atoms with Gasteiger partial charge in [0.1, 0.15) is 0 Å². The van der Waals surface area contributed by atoms with Crippen LogP contribution in [0.2, 0.25) is 0 Å². The molecule has 5 heteroatoms. The maximum Gasteiger partial charge on any atom is 0.243 e. The molecule has 1 aromatic carbocycles. The monoisotopic (exact) mass is 282 g/mol. The molecular weight excluding hydrogens is 260 g/mol. The van der Waals surface area contributed by atoms with Gasteiger partial charge in [0.05, 0.1) is 4.90 Å². The topological polar surface area (TPSA) is 63.4 Å². The summed E-state index contributed by atoms with van der Waals surface area (Å²) in [6.07, 6.45) is 2.93. The second-order valence-electron chi connectivity index (χ2n) is 5.49. The molecule has 2 N–H and O–H groups in total. The van der Waals surface area contributed by atoms with Crippen molar-refractivity contribution in [2.45, 2.75) is 57.0 Å². The molecule has 0 aliphatic carbocycles. The van der Waals surface area contributed by atoms with Gasteiger partial charge in [-0.15, -0.1) is 0 Å². The molecule has 2 rings (SSSR count). The molecule has 1 aliphatic rings. The first-order chi connectivity index (χ1) is 8.84. The minimum Gasteiger partial charge on any atom is -0.399 e. The second kappa shape index (κ2) is 5.13. The Morgan fingerprint density at radius 1 is 1.21 bits per heavy atom. The Hall–Kier alpha value is -1.07. The van der Waals surface area contributed by atoms with Crippen LogP contribution in [0.4, 0.5) is 5.69 Å². The van der Waals surface area contributed by atoms with E-state index in [0.29, 0.717) is 10.6 Å². The quantitative estimate of drug-likeness (QED) is 0.848. The third-order valence-corrected chi connectivity index (χ3v) is 6.15. The van der Waals surface area contributed by atoms with Crippen LogP contribution in [-0.2, 0) is 10.0 Å². The van der Waals surface area contributed by atoms with Crippen LogP contribution in [0.25, 0.3) is 0 Å². The molecule has 0 unspecified atom stereocenters. The predicted octanol–water partition coefficient (Wildman–Crippen LogP) is 2.53. The lowest BCUT2D eigenvalue weighted by Gasteiger charge is -2.38. The molecule has 0 radical (unpaired) electrons. The lowest BCUT2D eigenvalue weighted by Crippen LogP contribution is -2.47. The van der Waals surface area contributed by atoms with Crippen molar-refractivity contribution in [3.05, 3.63) is 23.8 Å². The fourth-order valence-corrected chi connectivity index (χ4v) is 5.02. The van der Waals surface area contributed by atoms with Crippen molar-refractivity contribution >= 4 is 15.7 Å². The Labute approximate surface area is 115 Å². The molecule has 0 saturated carbocycles. The van der Waals surface area contributed by atoms with Gasteiger partial charge in [-0.3, -0.25) is 0 Å². The Balaban J connectivity index is 2.49. The lowest BCUT2D eigenvalue weighted by atomic mass is 10.0. The largest absolute Gasteiger partial charge is 0.399 e. The summed E-state index contributed by atoms with van der Waals surface area (Å²) < 4.78 is 27.4. The normalized spacial score (nSPS) is 25.4. The van der Waals surface area contributed by atoms with Gasteiger partial charge in [0.2, 0.25) is 10.0 Å². The SMILES string of the molecule is Cc1ccc(N)cc1S(=O)(=O)N1[C@H](C)CCC[C@@H]1C. The fourth-order valence-electron chi connectivity index (χ4n) is 2.88. The van der Waals surface area contributed by atoms with Gasteiger partial charge in [0.15, 0.2) is 0 Å². The van der Waals surface area contributed by atoms with E-state index >= 15 is 0 Å². The Bertz CT molecular complexity index is 559. The zero-order valence-electron chi connectivity index (χ0n) is 11.8. The second-order valence-corrected chi connectivity index (χ2v) is 7.30. The summed E-state index contributed by atoms with van der Waals surface area (Å²) in [4.78, 5) is 0.341. The first-order valence-corrected chi connectivity index (χ1v) is 8.17. The first kappa shape index (κ1) is 14.3. The van der Waals surface area contributed by atoms with Crippen LogP contribution >= 0.6 is 0 Å². The number of hydrogen-bond acceptors (Lipinski definition) is 3. The first-order valence-electron chi connectivity index (χ1n) is 6.73. The Kier molecular flexibility index (Phi) is 3.87. The van der Waals surface area contributed by atoms with Crippen molar-refractivity contribution in [1.29, 1.82) is 0 Å². The molecule has 0 amide bonds. The molecular formula is C14H22N2O2S. The molecule has 4 nitrogen and oxygen atoms in total. The van der Waals surface area contributed by atoms with E-state index in [0.717, 1.165) is 24.8 Å². The summed E-state index contributed by atoms with van der Waals surface area (Å²) in [5.74, 6) is 0. The van der Waals surface area contributed by atoms with Gasteiger partial charge in [0.25, 0.3) is 0 Å². The van der Waals surface area contributed by atoms with Gasteiger partial charge in [-0.1, -0.05) is 12.5 Å². The summed E-state index contributed by atoms with van der Waals surface area (Å²) in [5.41, 5.74) is 6.98. The molecule has 1 aliphatic heterocycles. The van der Waals surface area contributed by atoms with Crippen LogP contribution < -0.4 is 5.73 Å². The highest BCUT2D eigenvalue weighted by Crippen LogP contribution is 2.31. The van der Waals surface area contributed by atoms with E-state index in [2.05, 4.69) is 0 Å². The number of nitrogens with two attached hydrogens (primary N) is 1. The van der Waals surface area contributed by atoms with E-state index in [1.54, 1.807) is 22.5 Å². The van der Waals surface area contributed by atoms with E-state index in [9.17, 15) is 8.42 Å². The van der Waals surface area contributed by atoms with Gasteiger partial charge in [-0.05, 0) is 51.3 Å². The van der Waals surface area contributed by atoms with Crippen molar-refractivity contribution < 1.29 is 8.42 Å². The number of benzene rings is 1. The number of nitrogen functional groups attached to an aromatic ring is 1. The summed E-state index contributed by atoms with van der Waals surface area (Å²) in [6.45, 7) is 5.77. The summed E-state index contributed by atoms with van der Waals surface area (Å²) >= 11 is 0. The van der Waals surface area contributed by atoms with Crippen molar-refractivity contribution in [3.63, 3.8) is 0 Å². The van der Waals surface area contributed by atoms with E-state index in [4.69, 9.17) is 5.73 Å². The van der Waals surface area contributed by atoms with Crippen LogP contribution in [0, 0.1) is 6.92 Å². The van der Waals surface area contributed by atoms with Gasteiger partial charge in [-0.2, -0.15) is 4.31 Å². The fraction of sp³-hybridized carbons (Fsp3) is 0.571. The number of hydrogen-bond donors (Lipinski definition) is 1. The third kappa shape index (κ3) is 2.62. The van der Waals surface area contributed by atoms with E-state index < -0.39 is 10.0 Å². The zero-order valence-corrected chi connectivity index (χ0v) is 12.6. The number of rotatable bonds is 2. The van der Waals surface area contributed by atoms with Crippen LogP contribution in [0.15, 0.2) is 23.1 Å². The molecule has 1 saturated heterocycles. The van der Waals surface area contributed by atoms with Crippen molar-refractivity contribution in [2.75, 3.05) is 5.73 Å². The van der Waals surface area contributed by atoms with Crippen LogP contribution in [0.3, 0.4) is 0 Å². The highest BCUT2D eigenvalue weighted by atomic mass is 32.2. The zero-order chi connectivity index (χ0) is 14.2. The Morgan fingerprint density at radius 2 is 1.79 bits per heavy atom. The molecule has 0 bridgehead atoms. The molecule has 2 atom stereocenters. The highest BCUT2D eigenvalue weighted by Gasteiger charge is 2.36. The Morgan fingerprint density at radius 3 is 2.37 bits per heavy atom. The summed E-state index contributed by atoms with van der Waals surface area (Å²) in [6, 6.07) is 5.17. The molecule has 106 valence electrons. The highest BCUT2D eigenvalue weighted by molar-refractivity contribution is 7.89. The van der Waals surface area contributed by atoms with Gasteiger partial charge in [0, 0.05) is 17.8 Å². The average molecular weight is 282 g/mol. The number of nitrogens with zero attached hydrogens (tertiary/aromatic N) is 1. The maximum atomic E-state index is 12.9. The molecule has 1 aromatic rings. The van der Waals surface area contributed by atoms with Crippen molar-refractivity contribution in [2.24, 2.45) is 0 Å². The molecule has 1 heterocycles. The van der Waals surface area contributed by atoms with Crippen molar-refractivity contribution in [1.82, 2.24) is 4.31 Å². The number of sulfonamides is 1. The molecule has 0 aromatic heterocycles. The lowest BCUT2D eigenvalue weighted by molar-refractivity contribution is 0.204. The van der Waals surface area contributed by atoms with Crippen LogP contribution in [0.1, 0.15) is 38.7 Å². The molecule has 1 fully saturated rings. The minimum absolute atomic E-state index is 0.0505. The summed E-state index contributed by atoms with van der Waals surface area (Å²) in [7, 11) is -3.46. The number of piperidine rings is 1.